The SMILES string of the molecule is CN(C)c1ncc(CNC2CCCC2O)s1. The van der Waals surface area contributed by atoms with Gasteiger partial charge in [0.2, 0.25) is 0 Å². The number of hydrogen-bond donors (Lipinski definition) is 2. The van der Waals surface area contributed by atoms with E-state index in [0.717, 1.165) is 30.9 Å². The van der Waals surface area contributed by atoms with Gasteiger partial charge in [-0.1, -0.05) is 0 Å². The predicted octanol–water partition coefficient (Wildman–Crippen LogP) is 1.21. The maximum absolute atomic E-state index is 9.68. The fourth-order valence-corrected chi connectivity index (χ4v) is 2.78. The molecule has 16 heavy (non-hydrogen) atoms. The topological polar surface area (TPSA) is 48.4 Å². The van der Waals surface area contributed by atoms with Gasteiger partial charge in [-0.05, 0) is 19.3 Å². The number of thiazole rings is 1. The molecule has 1 saturated carbocycles. The summed E-state index contributed by atoms with van der Waals surface area (Å²) < 4.78 is 0. The van der Waals surface area contributed by atoms with Crippen molar-refractivity contribution in [1.29, 1.82) is 0 Å². The van der Waals surface area contributed by atoms with Crippen molar-refractivity contribution < 1.29 is 5.11 Å². The van der Waals surface area contributed by atoms with E-state index in [0.29, 0.717) is 0 Å². The quantitative estimate of drug-likeness (QED) is 0.832. The zero-order valence-electron chi connectivity index (χ0n) is 9.81. The highest BCUT2D eigenvalue weighted by molar-refractivity contribution is 7.15. The Morgan fingerprint density at radius 3 is 2.94 bits per heavy atom. The third-order valence-electron chi connectivity index (χ3n) is 2.94. The average Bonchev–Trinajstić information content (AvgIpc) is 2.83. The Balaban J connectivity index is 1.84. The number of nitrogens with one attached hydrogen (secondary N) is 1. The Hall–Kier alpha value is -0.650. The van der Waals surface area contributed by atoms with Crippen LogP contribution in [0, 0.1) is 0 Å². The summed E-state index contributed by atoms with van der Waals surface area (Å²) in [6.07, 6.45) is 4.89. The van der Waals surface area contributed by atoms with E-state index in [9.17, 15) is 5.11 Å². The lowest BCUT2D eigenvalue weighted by Crippen LogP contribution is -2.34. The van der Waals surface area contributed by atoms with E-state index in [4.69, 9.17) is 0 Å². The minimum absolute atomic E-state index is 0.166. The summed E-state index contributed by atoms with van der Waals surface area (Å²) in [5, 5.41) is 14.1. The molecule has 0 spiro atoms. The van der Waals surface area contributed by atoms with Crippen LogP contribution in [0.5, 0.6) is 0 Å². The molecule has 1 heterocycles. The van der Waals surface area contributed by atoms with Gasteiger partial charge in [-0.25, -0.2) is 4.98 Å². The fraction of sp³-hybridized carbons (Fsp3) is 0.727. The summed E-state index contributed by atoms with van der Waals surface area (Å²) in [6, 6.07) is 0.268. The molecule has 4 nitrogen and oxygen atoms in total. The molecule has 2 N–H and O–H groups in total. The highest BCUT2D eigenvalue weighted by atomic mass is 32.1. The van der Waals surface area contributed by atoms with Crippen LogP contribution in [-0.2, 0) is 6.54 Å². The van der Waals surface area contributed by atoms with Gasteiger partial charge < -0.3 is 15.3 Å². The summed E-state index contributed by atoms with van der Waals surface area (Å²) >= 11 is 1.70. The normalized spacial score (nSPS) is 24.9. The van der Waals surface area contributed by atoms with Gasteiger partial charge in [0.15, 0.2) is 5.13 Å². The van der Waals surface area contributed by atoms with Gasteiger partial charge in [-0.2, -0.15) is 0 Å². The van der Waals surface area contributed by atoms with Crippen molar-refractivity contribution in [2.45, 2.75) is 38.0 Å². The van der Waals surface area contributed by atoms with Gasteiger partial charge >= 0.3 is 0 Å². The van der Waals surface area contributed by atoms with Crippen LogP contribution in [-0.4, -0.2) is 36.3 Å². The summed E-state index contributed by atoms with van der Waals surface area (Å²) in [5.74, 6) is 0. The number of anilines is 1. The second kappa shape index (κ2) is 5.12. The molecule has 0 radical (unpaired) electrons. The number of aliphatic hydroxyl groups is 1. The Labute approximate surface area is 100 Å². The predicted molar refractivity (Wildman–Crippen MR) is 66.9 cm³/mol. The molecule has 0 aliphatic heterocycles. The lowest BCUT2D eigenvalue weighted by Gasteiger charge is -2.15. The van der Waals surface area contributed by atoms with Crippen LogP contribution in [0.1, 0.15) is 24.1 Å². The van der Waals surface area contributed by atoms with Crippen molar-refractivity contribution in [2.24, 2.45) is 0 Å². The van der Waals surface area contributed by atoms with Crippen LogP contribution in [0.3, 0.4) is 0 Å². The van der Waals surface area contributed by atoms with Gasteiger partial charge in [0.1, 0.15) is 0 Å². The summed E-state index contributed by atoms with van der Waals surface area (Å²) in [5.41, 5.74) is 0. The molecule has 0 saturated heterocycles. The minimum Gasteiger partial charge on any atom is -0.392 e. The third-order valence-corrected chi connectivity index (χ3v) is 4.11. The molecule has 1 aromatic rings. The first-order valence-corrected chi connectivity index (χ1v) is 6.52. The lowest BCUT2D eigenvalue weighted by atomic mass is 10.2. The molecule has 2 unspecified atom stereocenters. The molecule has 0 aromatic carbocycles. The van der Waals surface area contributed by atoms with Crippen molar-refractivity contribution in [2.75, 3.05) is 19.0 Å². The molecule has 2 rings (SSSR count). The van der Waals surface area contributed by atoms with Gasteiger partial charge in [-0.3, -0.25) is 0 Å². The summed E-state index contributed by atoms with van der Waals surface area (Å²) in [7, 11) is 3.99. The molecule has 2 atom stereocenters. The molecular formula is C11H19N3OS. The fourth-order valence-electron chi connectivity index (χ4n) is 2.00. The monoisotopic (exact) mass is 241 g/mol. The van der Waals surface area contributed by atoms with E-state index in [2.05, 4.69) is 10.3 Å². The highest BCUT2D eigenvalue weighted by Gasteiger charge is 2.24. The third kappa shape index (κ3) is 2.72. The van der Waals surface area contributed by atoms with Crippen LogP contribution < -0.4 is 10.2 Å². The van der Waals surface area contributed by atoms with Crippen molar-refractivity contribution in [3.8, 4) is 0 Å². The summed E-state index contributed by atoms with van der Waals surface area (Å²) in [6.45, 7) is 0.813. The average molecular weight is 241 g/mol. The molecule has 1 fully saturated rings. The zero-order chi connectivity index (χ0) is 11.5. The van der Waals surface area contributed by atoms with Gasteiger partial charge in [0.05, 0.1) is 6.10 Å². The Morgan fingerprint density at radius 2 is 2.38 bits per heavy atom. The Kier molecular flexibility index (Phi) is 3.78. The van der Waals surface area contributed by atoms with E-state index in [1.54, 1.807) is 11.3 Å². The molecule has 0 amide bonds. The molecule has 0 bridgehead atoms. The minimum atomic E-state index is -0.166. The maximum atomic E-state index is 9.68. The van der Waals surface area contributed by atoms with Crippen LogP contribution >= 0.6 is 11.3 Å². The van der Waals surface area contributed by atoms with Crippen molar-refractivity contribution in [1.82, 2.24) is 10.3 Å². The number of aromatic nitrogens is 1. The van der Waals surface area contributed by atoms with E-state index in [-0.39, 0.29) is 12.1 Å². The molecule has 1 aromatic heterocycles. The lowest BCUT2D eigenvalue weighted by molar-refractivity contribution is 0.149. The maximum Gasteiger partial charge on any atom is 0.185 e. The van der Waals surface area contributed by atoms with Gasteiger partial charge in [0, 0.05) is 37.8 Å². The van der Waals surface area contributed by atoms with Crippen molar-refractivity contribution in [3.05, 3.63) is 11.1 Å². The first kappa shape index (κ1) is 11.8. The standard InChI is InChI=1S/C11H19N3OS/c1-14(2)11-13-7-8(16-11)6-12-9-4-3-5-10(9)15/h7,9-10,12,15H,3-6H2,1-2H3. The number of aliphatic hydroxyl groups excluding tert-OH is 1. The largest absolute Gasteiger partial charge is 0.392 e. The van der Waals surface area contributed by atoms with Crippen LogP contribution in [0.4, 0.5) is 5.13 Å². The Morgan fingerprint density at radius 1 is 1.56 bits per heavy atom. The second-order valence-corrected chi connectivity index (χ2v) is 5.58. The van der Waals surface area contributed by atoms with E-state index in [1.165, 1.54) is 4.88 Å². The van der Waals surface area contributed by atoms with Crippen LogP contribution in [0.25, 0.3) is 0 Å². The van der Waals surface area contributed by atoms with Gasteiger partial charge in [-0.15, -0.1) is 11.3 Å². The molecule has 90 valence electrons. The first-order chi connectivity index (χ1) is 7.66. The van der Waals surface area contributed by atoms with E-state index in [1.807, 2.05) is 25.2 Å². The van der Waals surface area contributed by atoms with Crippen LogP contribution in [0.15, 0.2) is 6.20 Å². The molecule has 1 aliphatic rings. The molecule has 5 heteroatoms. The number of nitrogens with zero attached hydrogens (tertiary/aromatic N) is 2. The second-order valence-electron chi connectivity index (χ2n) is 4.49. The number of rotatable bonds is 4. The van der Waals surface area contributed by atoms with E-state index >= 15 is 0 Å². The first-order valence-electron chi connectivity index (χ1n) is 5.70. The molecule has 1 aliphatic carbocycles. The smallest absolute Gasteiger partial charge is 0.185 e. The summed E-state index contributed by atoms with van der Waals surface area (Å²) in [4.78, 5) is 7.56. The van der Waals surface area contributed by atoms with Crippen LogP contribution in [0.2, 0.25) is 0 Å². The van der Waals surface area contributed by atoms with E-state index < -0.39 is 0 Å². The Bertz CT molecular complexity index is 340. The highest BCUT2D eigenvalue weighted by Crippen LogP contribution is 2.22. The number of hydrogen-bond acceptors (Lipinski definition) is 5. The molecular weight excluding hydrogens is 222 g/mol. The van der Waals surface area contributed by atoms with Gasteiger partial charge in [0.25, 0.3) is 0 Å². The van der Waals surface area contributed by atoms with Crippen molar-refractivity contribution >= 4 is 16.5 Å². The zero-order valence-corrected chi connectivity index (χ0v) is 10.6. The van der Waals surface area contributed by atoms with Crippen molar-refractivity contribution in [3.63, 3.8) is 0 Å².